The number of nitrogens with one attached hydrogen (secondary N) is 2. The third-order valence-electron chi connectivity index (χ3n) is 4.57. The molecule has 1 fully saturated rings. The number of ether oxygens (including phenoxy) is 1. The summed E-state index contributed by atoms with van der Waals surface area (Å²) >= 11 is 0. The van der Waals surface area contributed by atoms with Gasteiger partial charge in [-0.15, -0.1) is 24.0 Å². The fraction of sp³-hybridized carbons (Fsp3) is 0.714. The average molecular weight is 503 g/mol. The molecule has 0 amide bonds. The Morgan fingerprint density at radius 1 is 1.29 bits per heavy atom. The van der Waals surface area contributed by atoms with Crippen LogP contribution in [0.3, 0.4) is 0 Å². The van der Waals surface area contributed by atoms with Crippen LogP contribution in [-0.2, 0) is 6.54 Å². The molecule has 1 aromatic heterocycles. The van der Waals surface area contributed by atoms with E-state index in [-0.39, 0.29) is 24.0 Å². The van der Waals surface area contributed by atoms with Crippen LogP contribution in [0.25, 0.3) is 0 Å². The van der Waals surface area contributed by atoms with Crippen LogP contribution in [0, 0.1) is 5.92 Å². The number of aliphatic imine (C=N–C) groups is 1. The molecule has 0 aliphatic carbocycles. The van der Waals surface area contributed by atoms with Gasteiger partial charge in [-0.1, -0.05) is 26.8 Å². The Hall–Kier alpha value is -1.09. The van der Waals surface area contributed by atoms with Crippen LogP contribution in [0.15, 0.2) is 23.3 Å². The van der Waals surface area contributed by atoms with Crippen molar-refractivity contribution >= 4 is 29.9 Å². The molecule has 6 nitrogen and oxygen atoms in total. The summed E-state index contributed by atoms with van der Waals surface area (Å²) in [7, 11) is 0. The largest absolute Gasteiger partial charge is 0.478 e. The number of hydrogen-bond acceptors (Lipinski definition) is 4. The molecule has 0 unspecified atom stereocenters. The minimum atomic E-state index is 0. The first kappa shape index (κ1) is 24.9. The minimum Gasteiger partial charge on any atom is -0.478 e. The van der Waals surface area contributed by atoms with E-state index in [9.17, 15) is 0 Å². The van der Waals surface area contributed by atoms with Crippen molar-refractivity contribution < 1.29 is 4.74 Å². The number of pyridine rings is 1. The van der Waals surface area contributed by atoms with Gasteiger partial charge in [0.05, 0.1) is 13.2 Å². The second-order valence-corrected chi connectivity index (χ2v) is 7.66. The van der Waals surface area contributed by atoms with Crippen LogP contribution in [-0.4, -0.2) is 54.7 Å². The Morgan fingerprint density at radius 2 is 2.04 bits per heavy atom. The lowest BCUT2D eigenvalue weighted by molar-refractivity contribution is 0.187. The van der Waals surface area contributed by atoms with Crippen molar-refractivity contribution in [1.82, 2.24) is 20.5 Å². The van der Waals surface area contributed by atoms with Crippen molar-refractivity contribution in [3.8, 4) is 5.88 Å². The number of hydrogen-bond donors (Lipinski definition) is 2. The highest BCUT2D eigenvalue weighted by atomic mass is 127. The average Bonchev–Trinajstić information content (AvgIpc) is 2.66. The first-order valence-corrected chi connectivity index (χ1v) is 10.5. The molecule has 1 aliphatic heterocycles. The standard InChI is InChI=1S/C21H37N5O.HI/c1-5-13-27-20-8-7-18(14-23-20)15-24-21(22-6-2)25-19-9-11-26(12-10-19)16-17(3)4;/h7-8,14,17,19H,5-6,9-13,15-16H2,1-4H3,(H2,22,24,25);1H. The molecule has 0 atom stereocenters. The van der Waals surface area contributed by atoms with E-state index in [0.717, 1.165) is 30.4 Å². The summed E-state index contributed by atoms with van der Waals surface area (Å²) in [6, 6.07) is 4.45. The molecule has 2 N–H and O–H groups in total. The molecule has 28 heavy (non-hydrogen) atoms. The van der Waals surface area contributed by atoms with E-state index in [2.05, 4.69) is 48.2 Å². The first-order chi connectivity index (χ1) is 13.1. The molecule has 7 heteroatoms. The van der Waals surface area contributed by atoms with Crippen LogP contribution >= 0.6 is 24.0 Å². The predicted octanol–water partition coefficient (Wildman–Crippen LogP) is 3.66. The summed E-state index contributed by atoms with van der Waals surface area (Å²) in [5, 5.41) is 6.97. The molecule has 0 radical (unpaired) electrons. The Morgan fingerprint density at radius 3 is 2.61 bits per heavy atom. The molecule has 0 saturated carbocycles. The number of rotatable bonds is 9. The molecule has 0 aromatic carbocycles. The highest BCUT2D eigenvalue weighted by molar-refractivity contribution is 14.0. The van der Waals surface area contributed by atoms with Crippen LogP contribution in [0.2, 0.25) is 0 Å². The predicted molar refractivity (Wildman–Crippen MR) is 128 cm³/mol. The van der Waals surface area contributed by atoms with E-state index >= 15 is 0 Å². The lowest BCUT2D eigenvalue weighted by Crippen LogP contribution is -2.49. The van der Waals surface area contributed by atoms with Crippen LogP contribution < -0.4 is 15.4 Å². The van der Waals surface area contributed by atoms with Gasteiger partial charge < -0.3 is 20.3 Å². The van der Waals surface area contributed by atoms with Gasteiger partial charge in [-0.3, -0.25) is 0 Å². The molecule has 160 valence electrons. The van der Waals surface area contributed by atoms with Gasteiger partial charge in [0.2, 0.25) is 5.88 Å². The van der Waals surface area contributed by atoms with Gasteiger partial charge in [0.15, 0.2) is 5.96 Å². The van der Waals surface area contributed by atoms with Crippen molar-refractivity contribution in [3.05, 3.63) is 23.9 Å². The molecular formula is C21H38IN5O. The number of piperidine rings is 1. The van der Waals surface area contributed by atoms with Gasteiger partial charge in [0, 0.05) is 44.5 Å². The van der Waals surface area contributed by atoms with Crippen molar-refractivity contribution in [2.75, 3.05) is 32.8 Å². The number of guanidine groups is 1. The number of nitrogens with zero attached hydrogens (tertiary/aromatic N) is 3. The quantitative estimate of drug-likeness (QED) is 0.306. The van der Waals surface area contributed by atoms with Crippen LogP contribution in [0.1, 0.15) is 52.5 Å². The van der Waals surface area contributed by atoms with Crippen molar-refractivity contribution in [1.29, 1.82) is 0 Å². The summed E-state index contributed by atoms with van der Waals surface area (Å²) in [5.74, 6) is 2.31. The zero-order valence-corrected chi connectivity index (χ0v) is 20.2. The molecule has 1 aromatic rings. The van der Waals surface area contributed by atoms with Gasteiger partial charge in [-0.05, 0) is 37.7 Å². The lowest BCUT2D eigenvalue weighted by atomic mass is 10.0. The fourth-order valence-electron chi connectivity index (χ4n) is 3.26. The molecule has 1 aliphatic rings. The Balaban J connectivity index is 0.00000392. The molecule has 2 heterocycles. The van der Waals surface area contributed by atoms with E-state index < -0.39 is 0 Å². The number of aromatic nitrogens is 1. The zero-order chi connectivity index (χ0) is 19.5. The maximum atomic E-state index is 5.53. The number of halogens is 1. The molecule has 0 bridgehead atoms. The van der Waals surface area contributed by atoms with Crippen LogP contribution in [0.4, 0.5) is 0 Å². The molecule has 2 rings (SSSR count). The molecular weight excluding hydrogens is 465 g/mol. The smallest absolute Gasteiger partial charge is 0.213 e. The third kappa shape index (κ3) is 9.41. The van der Waals surface area contributed by atoms with E-state index in [4.69, 9.17) is 9.73 Å². The lowest BCUT2D eigenvalue weighted by Gasteiger charge is -2.34. The minimum absolute atomic E-state index is 0. The normalized spacial score (nSPS) is 16.0. The summed E-state index contributed by atoms with van der Waals surface area (Å²) in [6.07, 6.45) is 5.18. The highest BCUT2D eigenvalue weighted by Crippen LogP contribution is 2.12. The number of likely N-dealkylation sites (tertiary alicyclic amines) is 1. The van der Waals surface area contributed by atoms with E-state index in [1.54, 1.807) is 0 Å². The van der Waals surface area contributed by atoms with Crippen molar-refractivity contribution in [2.24, 2.45) is 10.9 Å². The highest BCUT2D eigenvalue weighted by Gasteiger charge is 2.20. The van der Waals surface area contributed by atoms with E-state index in [1.807, 2.05) is 18.3 Å². The molecule has 1 saturated heterocycles. The van der Waals surface area contributed by atoms with E-state index in [0.29, 0.717) is 25.1 Å². The summed E-state index contributed by atoms with van der Waals surface area (Å²) in [6.45, 7) is 14.5. The Bertz CT molecular complexity index is 556. The topological polar surface area (TPSA) is 61.8 Å². The Labute approximate surface area is 187 Å². The van der Waals surface area contributed by atoms with Crippen molar-refractivity contribution in [2.45, 2.75) is 59.5 Å². The second-order valence-electron chi connectivity index (χ2n) is 7.66. The van der Waals surface area contributed by atoms with Gasteiger partial charge in [0.25, 0.3) is 0 Å². The Kier molecular flexibility index (Phi) is 12.5. The van der Waals surface area contributed by atoms with E-state index in [1.165, 1.54) is 32.5 Å². The van der Waals surface area contributed by atoms with Crippen LogP contribution in [0.5, 0.6) is 5.88 Å². The fourth-order valence-corrected chi connectivity index (χ4v) is 3.26. The summed E-state index contributed by atoms with van der Waals surface area (Å²) in [5.41, 5.74) is 1.09. The SMILES string of the molecule is CCCOc1ccc(CN=C(NCC)NC2CCN(CC(C)C)CC2)cn1.I. The third-order valence-corrected chi connectivity index (χ3v) is 4.57. The monoisotopic (exact) mass is 503 g/mol. The summed E-state index contributed by atoms with van der Waals surface area (Å²) < 4.78 is 5.53. The maximum Gasteiger partial charge on any atom is 0.213 e. The maximum absolute atomic E-state index is 5.53. The summed E-state index contributed by atoms with van der Waals surface area (Å²) in [4.78, 5) is 11.7. The van der Waals surface area contributed by atoms with Gasteiger partial charge in [-0.2, -0.15) is 0 Å². The van der Waals surface area contributed by atoms with Gasteiger partial charge >= 0.3 is 0 Å². The second kappa shape index (κ2) is 14.0. The first-order valence-electron chi connectivity index (χ1n) is 10.5. The van der Waals surface area contributed by atoms with Gasteiger partial charge in [-0.25, -0.2) is 9.98 Å². The molecule has 0 spiro atoms. The van der Waals surface area contributed by atoms with Gasteiger partial charge in [0.1, 0.15) is 0 Å². The van der Waals surface area contributed by atoms with Crippen molar-refractivity contribution in [3.63, 3.8) is 0 Å². The zero-order valence-electron chi connectivity index (χ0n) is 17.9.